The molecule has 3 heterocycles. The van der Waals surface area contributed by atoms with Gasteiger partial charge in [-0.25, -0.2) is 19.6 Å². The van der Waals surface area contributed by atoms with E-state index in [1.54, 1.807) is 6.33 Å². The quantitative estimate of drug-likeness (QED) is 0.520. The molecule has 1 saturated carbocycles. The number of rotatable bonds is 3. The van der Waals surface area contributed by atoms with Gasteiger partial charge in [0.1, 0.15) is 12.1 Å². The van der Waals surface area contributed by atoms with Crippen LogP contribution in [0.4, 0.5) is 32.2 Å². The van der Waals surface area contributed by atoms with Crippen molar-refractivity contribution in [2.75, 3.05) is 31.6 Å². The van der Waals surface area contributed by atoms with Crippen molar-refractivity contribution in [1.29, 1.82) is 0 Å². The van der Waals surface area contributed by atoms with Gasteiger partial charge in [0.05, 0.1) is 12.3 Å². The number of nitrogens with zero attached hydrogens (tertiary/aromatic N) is 3. The van der Waals surface area contributed by atoms with Crippen molar-refractivity contribution in [3.05, 3.63) is 17.6 Å². The number of hydrogen-bond acceptors (Lipinski definition) is 7. The van der Waals surface area contributed by atoms with Gasteiger partial charge in [0.2, 0.25) is 0 Å². The maximum atomic E-state index is 10.6. The van der Waals surface area contributed by atoms with Crippen LogP contribution >= 0.6 is 0 Å². The van der Waals surface area contributed by atoms with Crippen LogP contribution in [-0.2, 0) is 27.2 Å². The van der Waals surface area contributed by atoms with Crippen molar-refractivity contribution in [1.82, 2.24) is 14.9 Å². The Morgan fingerprint density at radius 2 is 1.54 bits per heavy atom. The molecule has 0 amide bonds. The summed E-state index contributed by atoms with van der Waals surface area (Å²) in [5.74, 6) is -4.42. The predicted molar refractivity (Wildman–Crippen MR) is 109 cm³/mol. The van der Waals surface area contributed by atoms with E-state index in [4.69, 9.17) is 24.5 Å². The lowest BCUT2D eigenvalue weighted by Crippen LogP contribution is -2.37. The molecule has 2 aliphatic heterocycles. The van der Waals surface area contributed by atoms with E-state index in [9.17, 15) is 26.3 Å². The van der Waals surface area contributed by atoms with E-state index in [-0.39, 0.29) is 0 Å². The van der Waals surface area contributed by atoms with Crippen molar-refractivity contribution in [2.24, 2.45) is 0 Å². The fourth-order valence-corrected chi connectivity index (χ4v) is 3.59. The minimum Gasteiger partial charge on any atom is -0.475 e. The Morgan fingerprint density at radius 3 is 2.00 bits per heavy atom. The number of aromatic nitrogens is 2. The summed E-state index contributed by atoms with van der Waals surface area (Å²) in [6.07, 6.45) is -1.26. The highest BCUT2D eigenvalue weighted by atomic mass is 19.4. The van der Waals surface area contributed by atoms with E-state index >= 15 is 0 Å². The van der Waals surface area contributed by atoms with Crippen molar-refractivity contribution in [3.8, 4) is 0 Å². The largest absolute Gasteiger partial charge is 0.490 e. The average Bonchev–Trinajstić information content (AvgIpc) is 3.17. The third-order valence-corrected chi connectivity index (χ3v) is 5.67. The number of anilines is 1. The van der Waals surface area contributed by atoms with Crippen LogP contribution in [0.1, 0.15) is 36.9 Å². The highest BCUT2D eigenvalue weighted by Gasteiger charge is 2.39. The molecule has 0 aromatic carbocycles. The second-order valence-electron chi connectivity index (χ2n) is 8.08. The molecule has 2 fully saturated rings. The number of hydrogen-bond donors (Lipinski definition) is 3. The van der Waals surface area contributed by atoms with Gasteiger partial charge in [-0.3, -0.25) is 4.90 Å². The molecule has 3 aliphatic rings. The zero-order chi connectivity index (χ0) is 26.2. The predicted octanol–water partition coefficient (Wildman–Crippen LogP) is 2.90. The van der Waals surface area contributed by atoms with Gasteiger partial charge in [0.25, 0.3) is 0 Å². The summed E-state index contributed by atoms with van der Waals surface area (Å²) in [5, 5.41) is 17.9. The van der Waals surface area contributed by atoms with E-state index in [1.165, 1.54) is 36.9 Å². The maximum Gasteiger partial charge on any atom is 0.490 e. The number of carbonyl (C=O) groups is 2. The first kappa shape index (κ1) is 28.6. The molecular weight excluding hydrogens is 490 g/mol. The van der Waals surface area contributed by atoms with Crippen LogP contribution in [0, 0.1) is 0 Å². The SMILES string of the molecule is O=C(O)C(F)(F)F.O=C(O)C(F)(F)F.c1nc2c(c(NC3CCC3)n1)CCN(C1CCOC1)CC2. The lowest BCUT2D eigenvalue weighted by Gasteiger charge is -2.28. The topological polar surface area (TPSA) is 125 Å². The van der Waals surface area contributed by atoms with Gasteiger partial charge in [-0.15, -0.1) is 0 Å². The highest BCUT2D eigenvalue weighted by molar-refractivity contribution is 5.73. The van der Waals surface area contributed by atoms with E-state index in [1.807, 2.05) is 0 Å². The van der Waals surface area contributed by atoms with Crippen LogP contribution in [0.5, 0.6) is 0 Å². The van der Waals surface area contributed by atoms with Crippen LogP contribution in [0.2, 0.25) is 0 Å². The van der Waals surface area contributed by atoms with E-state index in [0.717, 1.165) is 45.0 Å². The molecule has 3 N–H and O–H groups in total. The number of carboxylic acid groups (broad SMARTS) is 2. The summed E-state index contributed by atoms with van der Waals surface area (Å²) in [4.78, 5) is 29.4. The van der Waals surface area contributed by atoms with Crippen molar-refractivity contribution in [3.63, 3.8) is 0 Å². The molecule has 1 saturated heterocycles. The number of halogens is 6. The smallest absolute Gasteiger partial charge is 0.475 e. The zero-order valence-corrected chi connectivity index (χ0v) is 18.5. The molecule has 1 atom stereocenters. The summed E-state index contributed by atoms with van der Waals surface area (Å²) in [5.41, 5.74) is 2.60. The van der Waals surface area contributed by atoms with Crippen molar-refractivity contribution in [2.45, 2.75) is 63.0 Å². The monoisotopic (exact) mass is 516 g/mol. The van der Waals surface area contributed by atoms with Gasteiger partial charge in [-0.1, -0.05) is 0 Å². The average molecular weight is 516 g/mol. The summed E-state index contributed by atoms with van der Waals surface area (Å²) in [6.45, 7) is 4.02. The van der Waals surface area contributed by atoms with Crippen LogP contribution in [-0.4, -0.2) is 87.8 Å². The number of aliphatic carboxylic acids is 2. The van der Waals surface area contributed by atoms with Gasteiger partial charge in [0, 0.05) is 43.8 Å². The molecule has 1 aromatic heterocycles. The fourth-order valence-electron chi connectivity index (χ4n) is 3.59. The van der Waals surface area contributed by atoms with Crippen LogP contribution in [0.3, 0.4) is 0 Å². The zero-order valence-electron chi connectivity index (χ0n) is 18.5. The number of fused-ring (bicyclic) bond motifs is 1. The Balaban J connectivity index is 0.000000257. The Kier molecular flexibility index (Phi) is 10.1. The Bertz CT molecular complexity index is 833. The van der Waals surface area contributed by atoms with Gasteiger partial charge < -0.3 is 20.3 Å². The van der Waals surface area contributed by atoms with E-state index < -0.39 is 24.3 Å². The van der Waals surface area contributed by atoms with E-state index in [2.05, 4.69) is 20.2 Å². The number of ether oxygens (including phenoxy) is 1. The minimum absolute atomic E-state index is 0.607. The van der Waals surface area contributed by atoms with Gasteiger partial charge in [-0.05, 0) is 32.1 Å². The summed E-state index contributed by atoms with van der Waals surface area (Å²) < 4.78 is 69.0. The molecule has 9 nitrogen and oxygen atoms in total. The van der Waals surface area contributed by atoms with Crippen molar-refractivity contribution >= 4 is 17.8 Å². The number of nitrogens with one attached hydrogen (secondary N) is 1. The molecule has 0 spiro atoms. The first-order chi connectivity index (χ1) is 16.3. The Labute approximate surface area is 196 Å². The fraction of sp³-hybridized carbons (Fsp3) is 0.700. The van der Waals surface area contributed by atoms with Crippen LogP contribution in [0.25, 0.3) is 0 Å². The number of carboxylic acids is 2. The Morgan fingerprint density at radius 1 is 0.971 bits per heavy atom. The highest BCUT2D eigenvalue weighted by Crippen LogP contribution is 2.27. The van der Waals surface area contributed by atoms with Gasteiger partial charge in [0.15, 0.2) is 0 Å². The maximum absolute atomic E-state index is 10.6. The third-order valence-electron chi connectivity index (χ3n) is 5.67. The molecule has 4 rings (SSSR count). The molecule has 15 heteroatoms. The van der Waals surface area contributed by atoms with Crippen molar-refractivity contribution < 1.29 is 50.9 Å². The first-order valence-corrected chi connectivity index (χ1v) is 10.8. The van der Waals surface area contributed by atoms with E-state index in [0.29, 0.717) is 12.1 Å². The van der Waals surface area contributed by atoms with Gasteiger partial charge >= 0.3 is 24.3 Å². The summed E-state index contributed by atoms with van der Waals surface area (Å²) >= 11 is 0. The standard InChI is InChI=1S/C16H24N4O.2C2HF3O2/c1-2-12(3-1)19-16-14-4-7-20(13-6-9-21-10-13)8-5-15(14)17-11-18-16;2*3-2(4,5)1(6)7/h11-13H,1-10H2,(H,17,18,19);2*(H,6,7). The summed E-state index contributed by atoms with van der Waals surface area (Å²) in [6, 6.07) is 1.24. The Hall–Kier alpha value is -2.68. The molecule has 1 aromatic rings. The molecule has 198 valence electrons. The lowest BCUT2D eigenvalue weighted by atomic mass is 9.93. The normalized spacial score (nSPS) is 20.7. The lowest BCUT2D eigenvalue weighted by molar-refractivity contribution is -0.193. The molecule has 35 heavy (non-hydrogen) atoms. The third kappa shape index (κ3) is 9.12. The number of alkyl halides is 6. The van der Waals surface area contributed by atoms with Crippen LogP contribution < -0.4 is 5.32 Å². The van der Waals surface area contributed by atoms with Crippen LogP contribution in [0.15, 0.2) is 6.33 Å². The molecule has 0 bridgehead atoms. The summed E-state index contributed by atoms with van der Waals surface area (Å²) in [7, 11) is 0. The molecule has 0 radical (unpaired) electrons. The molecule has 1 aliphatic carbocycles. The first-order valence-electron chi connectivity index (χ1n) is 10.8. The molecule has 1 unspecified atom stereocenters. The minimum atomic E-state index is -5.08. The second kappa shape index (κ2) is 12.3. The second-order valence-corrected chi connectivity index (χ2v) is 8.08. The van der Waals surface area contributed by atoms with Gasteiger partial charge in [-0.2, -0.15) is 26.3 Å². The molecular formula is C20H26F6N4O5.